The van der Waals surface area contributed by atoms with Gasteiger partial charge in [0.15, 0.2) is 0 Å². The van der Waals surface area contributed by atoms with Crippen molar-refractivity contribution >= 4 is 11.5 Å². The molecule has 6 heteroatoms. The van der Waals surface area contributed by atoms with Gasteiger partial charge in [0, 0.05) is 24.0 Å². The van der Waals surface area contributed by atoms with E-state index in [1.54, 1.807) is 12.3 Å². The number of nitrogens with two attached hydrogens (primary N) is 1. The minimum atomic E-state index is -0.346. The number of rotatable bonds is 2. The molecule has 5 nitrogen and oxygen atoms in total. The lowest BCUT2D eigenvalue weighted by atomic mass is 10.2. The third-order valence-electron chi connectivity index (χ3n) is 3.02. The maximum atomic E-state index is 13.2. The first kappa shape index (κ1) is 11.7. The molecule has 0 unspecified atom stereocenters. The summed E-state index contributed by atoms with van der Waals surface area (Å²) in [6.45, 7) is 4.08. The number of aromatic nitrogens is 4. The standard InChI is InChI=1S/C13H14FN5/c1-8(2)19-6-9(5-16-19)12-13(15)18-7-10(14)3-4-11(18)17-12/h3-8H,15H2,1-2H3. The molecule has 19 heavy (non-hydrogen) atoms. The lowest BCUT2D eigenvalue weighted by Crippen LogP contribution is -1.99. The second-order valence-electron chi connectivity index (χ2n) is 4.72. The number of fused-ring (bicyclic) bond motifs is 1. The van der Waals surface area contributed by atoms with Gasteiger partial charge in [0.05, 0.1) is 6.20 Å². The summed E-state index contributed by atoms with van der Waals surface area (Å²) < 4.78 is 16.6. The van der Waals surface area contributed by atoms with Gasteiger partial charge in [-0.25, -0.2) is 9.37 Å². The Morgan fingerprint density at radius 2 is 2.05 bits per heavy atom. The Kier molecular flexibility index (Phi) is 2.51. The lowest BCUT2D eigenvalue weighted by molar-refractivity contribution is 0.532. The van der Waals surface area contributed by atoms with Crippen LogP contribution in [0.1, 0.15) is 19.9 Å². The number of anilines is 1. The summed E-state index contributed by atoms with van der Waals surface area (Å²) in [5.74, 6) is 0.0684. The molecular formula is C13H14FN5. The predicted molar refractivity (Wildman–Crippen MR) is 71.2 cm³/mol. The van der Waals surface area contributed by atoms with Gasteiger partial charge in [0.2, 0.25) is 0 Å². The van der Waals surface area contributed by atoms with Gasteiger partial charge in [0.1, 0.15) is 23.0 Å². The largest absolute Gasteiger partial charge is 0.383 e. The third-order valence-corrected chi connectivity index (χ3v) is 3.02. The van der Waals surface area contributed by atoms with Crippen LogP contribution in [0.15, 0.2) is 30.7 Å². The van der Waals surface area contributed by atoms with E-state index in [-0.39, 0.29) is 11.9 Å². The summed E-state index contributed by atoms with van der Waals surface area (Å²) in [6.07, 6.45) is 4.93. The summed E-state index contributed by atoms with van der Waals surface area (Å²) in [7, 11) is 0. The normalized spacial score (nSPS) is 11.6. The molecule has 0 aliphatic carbocycles. The van der Waals surface area contributed by atoms with E-state index in [0.29, 0.717) is 17.2 Å². The van der Waals surface area contributed by atoms with Crippen LogP contribution in [0.25, 0.3) is 16.9 Å². The lowest BCUT2D eigenvalue weighted by Gasteiger charge is -2.02. The van der Waals surface area contributed by atoms with E-state index in [1.165, 1.54) is 16.7 Å². The predicted octanol–water partition coefficient (Wildman–Crippen LogP) is 2.50. The number of hydrogen-bond donors (Lipinski definition) is 1. The zero-order valence-corrected chi connectivity index (χ0v) is 10.7. The molecule has 0 amide bonds. The Morgan fingerprint density at radius 1 is 1.26 bits per heavy atom. The Morgan fingerprint density at radius 3 is 2.74 bits per heavy atom. The topological polar surface area (TPSA) is 61.1 Å². The van der Waals surface area contributed by atoms with Crippen molar-refractivity contribution in [1.29, 1.82) is 0 Å². The molecule has 3 aromatic rings. The molecule has 0 atom stereocenters. The highest BCUT2D eigenvalue weighted by molar-refractivity contribution is 5.74. The molecule has 0 fully saturated rings. The number of hydrogen-bond acceptors (Lipinski definition) is 3. The Balaban J connectivity index is 2.16. The Hall–Kier alpha value is -2.37. The fourth-order valence-electron chi connectivity index (χ4n) is 1.99. The van der Waals surface area contributed by atoms with Gasteiger partial charge in [-0.3, -0.25) is 9.08 Å². The third kappa shape index (κ3) is 1.85. The van der Waals surface area contributed by atoms with Crippen molar-refractivity contribution in [3.8, 4) is 11.3 Å². The molecular weight excluding hydrogens is 245 g/mol. The highest BCUT2D eigenvalue weighted by Crippen LogP contribution is 2.26. The maximum Gasteiger partial charge on any atom is 0.140 e. The molecule has 0 saturated carbocycles. The highest BCUT2D eigenvalue weighted by Gasteiger charge is 2.14. The average molecular weight is 259 g/mol. The van der Waals surface area contributed by atoms with E-state index in [1.807, 2.05) is 24.7 Å². The van der Waals surface area contributed by atoms with Crippen molar-refractivity contribution in [2.24, 2.45) is 0 Å². The van der Waals surface area contributed by atoms with Crippen LogP contribution in [-0.4, -0.2) is 19.2 Å². The molecule has 0 saturated heterocycles. The van der Waals surface area contributed by atoms with Crippen LogP contribution in [0.2, 0.25) is 0 Å². The van der Waals surface area contributed by atoms with E-state index in [2.05, 4.69) is 10.1 Å². The van der Waals surface area contributed by atoms with Gasteiger partial charge in [-0.1, -0.05) is 0 Å². The molecule has 3 heterocycles. The quantitative estimate of drug-likeness (QED) is 0.769. The second kappa shape index (κ2) is 4.08. The van der Waals surface area contributed by atoms with Crippen molar-refractivity contribution < 1.29 is 4.39 Å². The molecule has 3 aromatic heterocycles. The Labute approximate surface area is 109 Å². The summed E-state index contributed by atoms with van der Waals surface area (Å²) in [5, 5.41) is 4.26. The van der Waals surface area contributed by atoms with Crippen molar-refractivity contribution in [3.05, 3.63) is 36.5 Å². The SMILES string of the molecule is CC(C)n1cc(-c2nc3ccc(F)cn3c2N)cn1. The molecule has 0 aliphatic heterocycles. The number of nitrogen functional groups attached to an aromatic ring is 1. The minimum absolute atomic E-state index is 0.268. The Bertz CT molecular complexity index is 741. The molecule has 2 N–H and O–H groups in total. The first-order valence-electron chi connectivity index (χ1n) is 6.04. The zero-order valence-electron chi connectivity index (χ0n) is 10.7. The van der Waals surface area contributed by atoms with Crippen molar-refractivity contribution in [1.82, 2.24) is 19.2 Å². The monoisotopic (exact) mass is 259 g/mol. The van der Waals surface area contributed by atoms with Crippen molar-refractivity contribution in [2.75, 3.05) is 5.73 Å². The van der Waals surface area contributed by atoms with Gasteiger partial charge in [-0.2, -0.15) is 5.10 Å². The van der Waals surface area contributed by atoms with Crippen LogP contribution >= 0.6 is 0 Å². The average Bonchev–Trinajstić information content (AvgIpc) is 2.95. The highest BCUT2D eigenvalue weighted by atomic mass is 19.1. The summed E-state index contributed by atoms with van der Waals surface area (Å²) in [6, 6.07) is 3.23. The van der Waals surface area contributed by atoms with Gasteiger partial charge in [-0.05, 0) is 26.0 Å². The first-order chi connectivity index (χ1) is 9.06. The molecule has 0 bridgehead atoms. The van der Waals surface area contributed by atoms with Gasteiger partial charge >= 0.3 is 0 Å². The number of imidazole rings is 1. The molecule has 0 aromatic carbocycles. The van der Waals surface area contributed by atoms with Crippen molar-refractivity contribution in [3.63, 3.8) is 0 Å². The summed E-state index contributed by atoms with van der Waals surface area (Å²) in [5.41, 5.74) is 8.09. The zero-order chi connectivity index (χ0) is 13.6. The van der Waals surface area contributed by atoms with E-state index in [0.717, 1.165) is 5.56 Å². The second-order valence-corrected chi connectivity index (χ2v) is 4.72. The van der Waals surface area contributed by atoms with Crippen LogP contribution in [0.4, 0.5) is 10.2 Å². The van der Waals surface area contributed by atoms with Crippen LogP contribution in [0.3, 0.4) is 0 Å². The summed E-state index contributed by atoms with van der Waals surface area (Å²) in [4.78, 5) is 4.41. The van der Waals surface area contributed by atoms with Crippen LogP contribution < -0.4 is 5.73 Å². The molecule has 0 radical (unpaired) electrons. The number of nitrogens with zero attached hydrogens (tertiary/aromatic N) is 4. The van der Waals surface area contributed by atoms with Gasteiger partial charge in [-0.15, -0.1) is 0 Å². The number of halogens is 1. The smallest absolute Gasteiger partial charge is 0.140 e. The first-order valence-corrected chi connectivity index (χ1v) is 6.04. The molecule has 0 spiro atoms. The molecule has 98 valence electrons. The van der Waals surface area contributed by atoms with E-state index in [9.17, 15) is 4.39 Å². The van der Waals surface area contributed by atoms with E-state index >= 15 is 0 Å². The molecule has 3 rings (SSSR count). The maximum absolute atomic E-state index is 13.2. The molecule has 0 aliphatic rings. The van der Waals surface area contributed by atoms with Crippen LogP contribution in [-0.2, 0) is 0 Å². The minimum Gasteiger partial charge on any atom is -0.383 e. The fraction of sp³-hybridized carbons (Fsp3) is 0.231. The van der Waals surface area contributed by atoms with Crippen LogP contribution in [0.5, 0.6) is 0 Å². The van der Waals surface area contributed by atoms with Crippen molar-refractivity contribution in [2.45, 2.75) is 19.9 Å². The van der Waals surface area contributed by atoms with E-state index in [4.69, 9.17) is 5.73 Å². The number of pyridine rings is 1. The van der Waals surface area contributed by atoms with Crippen LogP contribution in [0, 0.1) is 5.82 Å². The fourth-order valence-corrected chi connectivity index (χ4v) is 1.99. The van der Waals surface area contributed by atoms with Gasteiger partial charge in [0.25, 0.3) is 0 Å². The van der Waals surface area contributed by atoms with Gasteiger partial charge < -0.3 is 5.73 Å². The van der Waals surface area contributed by atoms with E-state index < -0.39 is 0 Å². The summed E-state index contributed by atoms with van der Waals surface area (Å²) >= 11 is 0.